The maximum atomic E-state index is 5.27. The summed E-state index contributed by atoms with van der Waals surface area (Å²) in [7, 11) is 0. The molecule has 3 heteroatoms. The average Bonchev–Trinajstić information content (AvgIpc) is 2.17. The Kier molecular flexibility index (Phi) is 1.51. The van der Waals surface area contributed by atoms with E-state index in [1.165, 1.54) is 0 Å². The summed E-state index contributed by atoms with van der Waals surface area (Å²) in [5.74, 6) is 0. The highest BCUT2D eigenvalue weighted by Gasteiger charge is 2.36. The third-order valence-electron chi connectivity index (χ3n) is 0.889. The van der Waals surface area contributed by atoms with Gasteiger partial charge in [0.05, 0.1) is 6.10 Å². The molecule has 1 fully saturated rings. The van der Waals surface area contributed by atoms with Crippen molar-refractivity contribution in [1.29, 1.82) is 0 Å². The van der Waals surface area contributed by atoms with Gasteiger partial charge in [0.2, 0.25) is 0 Å². The molecule has 48 valence electrons. The van der Waals surface area contributed by atoms with Crippen molar-refractivity contribution >= 4 is 0 Å². The van der Waals surface area contributed by atoms with Crippen LogP contribution in [0, 0.1) is 0 Å². The van der Waals surface area contributed by atoms with Crippen molar-refractivity contribution in [3.05, 3.63) is 0 Å². The maximum Gasteiger partial charge on any atom is 0.199 e. The van der Waals surface area contributed by atoms with Crippen molar-refractivity contribution in [2.24, 2.45) is 5.73 Å². The van der Waals surface area contributed by atoms with Gasteiger partial charge in [-0.15, -0.1) is 0 Å². The lowest BCUT2D eigenvalue weighted by atomic mass is 10.5. The van der Waals surface area contributed by atoms with Gasteiger partial charge < -0.3 is 15.2 Å². The van der Waals surface area contributed by atoms with E-state index in [-0.39, 0.29) is 18.6 Å². The van der Waals surface area contributed by atoms with E-state index >= 15 is 0 Å². The fourth-order valence-electron chi connectivity index (χ4n) is 0.487. The van der Waals surface area contributed by atoms with Crippen LogP contribution in [-0.2, 0) is 9.47 Å². The lowest BCUT2D eigenvalue weighted by Gasteiger charge is -2.00. The summed E-state index contributed by atoms with van der Waals surface area (Å²) in [5, 5.41) is 0. The van der Waals surface area contributed by atoms with E-state index in [1.807, 2.05) is 13.8 Å². The molecule has 3 nitrogen and oxygen atoms in total. The Labute approximate surface area is 48.8 Å². The van der Waals surface area contributed by atoms with Crippen molar-refractivity contribution in [3.63, 3.8) is 0 Å². The molecule has 1 heterocycles. The van der Waals surface area contributed by atoms with Crippen molar-refractivity contribution in [3.8, 4) is 0 Å². The second-order valence-electron chi connectivity index (χ2n) is 2.15. The van der Waals surface area contributed by atoms with Crippen LogP contribution in [0.5, 0.6) is 0 Å². The Morgan fingerprint density at radius 3 is 2.25 bits per heavy atom. The summed E-state index contributed by atoms with van der Waals surface area (Å²) >= 11 is 0. The molecular formula is C5H11NO2. The zero-order chi connectivity index (χ0) is 6.15. The van der Waals surface area contributed by atoms with E-state index in [0.717, 1.165) is 0 Å². The van der Waals surface area contributed by atoms with E-state index in [2.05, 4.69) is 0 Å². The number of hydrogen-bond acceptors (Lipinski definition) is 3. The molecule has 0 bridgehead atoms. The van der Waals surface area contributed by atoms with Gasteiger partial charge in [-0.3, -0.25) is 0 Å². The third-order valence-corrected chi connectivity index (χ3v) is 0.889. The first-order valence-electron chi connectivity index (χ1n) is 2.76. The molecule has 0 aromatic heterocycles. The second-order valence-corrected chi connectivity index (χ2v) is 2.15. The third kappa shape index (κ3) is 1.43. The minimum absolute atomic E-state index is 0.130. The summed E-state index contributed by atoms with van der Waals surface area (Å²) in [4.78, 5) is 0. The van der Waals surface area contributed by atoms with Crippen LogP contribution < -0.4 is 5.73 Å². The van der Waals surface area contributed by atoms with E-state index in [1.54, 1.807) is 0 Å². The first-order valence-corrected chi connectivity index (χ1v) is 2.76. The van der Waals surface area contributed by atoms with Crippen molar-refractivity contribution in [2.75, 3.05) is 0 Å². The van der Waals surface area contributed by atoms with Crippen molar-refractivity contribution in [1.82, 2.24) is 0 Å². The van der Waals surface area contributed by atoms with E-state index in [0.29, 0.717) is 0 Å². The molecule has 0 aromatic rings. The van der Waals surface area contributed by atoms with Gasteiger partial charge in [0.15, 0.2) is 12.5 Å². The highest BCUT2D eigenvalue weighted by atomic mass is 16.8. The van der Waals surface area contributed by atoms with Gasteiger partial charge in [-0.2, -0.15) is 0 Å². The summed E-state index contributed by atoms with van der Waals surface area (Å²) < 4.78 is 9.91. The van der Waals surface area contributed by atoms with Gasteiger partial charge in [-0.25, -0.2) is 0 Å². The predicted molar refractivity (Wildman–Crippen MR) is 29.1 cm³/mol. The van der Waals surface area contributed by atoms with Crippen LogP contribution in [0.25, 0.3) is 0 Å². The Bertz CT molecular complexity index is 84.5. The molecular weight excluding hydrogens is 106 g/mol. The lowest BCUT2D eigenvalue weighted by molar-refractivity contribution is 0.00803. The number of hydrogen-bond donors (Lipinski definition) is 1. The fraction of sp³-hybridized carbons (Fsp3) is 1.00. The molecule has 0 spiro atoms. The molecule has 0 saturated carbocycles. The number of rotatable bonds is 2. The molecule has 0 amide bonds. The molecule has 2 unspecified atom stereocenters. The Morgan fingerprint density at radius 2 is 2.12 bits per heavy atom. The standard InChI is InChI=1S/C5H11NO2/c1-3(2)7-5-4(6)8-5/h3-5H,6H2,1-2H3. The van der Waals surface area contributed by atoms with Gasteiger partial charge in [0, 0.05) is 0 Å². The number of epoxide rings is 1. The summed E-state index contributed by atoms with van der Waals surface area (Å²) in [6, 6.07) is 0. The van der Waals surface area contributed by atoms with Crippen LogP contribution in [0.15, 0.2) is 0 Å². The zero-order valence-electron chi connectivity index (χ0n) is 5.13. The van der Waals surface area contributed by atoms with Gasteiger partial charge in [0.1, 0.15) is 0 Å². The van der Waals surface area contributed by atoms with E-state index in [9.17, 15) is 0 Å². The second kappa shape index (κ2) is 2.01. The molecule has 0 radical (unpaired) electrons. The maximum absolute atomic E-state index is 5.27. The van der Waals surface area contributed by atoms with Gasteiger partial charge >= 0.3 is 0 Å². The molecule has 0 aromatic carbocycles. The van der Waals surface area contributed by atoms with Gasteiger partial charge in [-0.05, 0) is 13.8 Å². The van der Waals surface area contributed by atoms with Crippen LogP contribution in [0.2, 0.25) is 0 Å². The smallest absolute Gasteiger partial charge is 0.199 e. The topological polar surface area (TPSA) is 47.8 Å². The predicted octanol–water partition coefficient (Wildman–Crippen LogP) is 0.0525. The Balaban J connectivity index is 2.05. The van der Waals surface area contributed by atoms with Crippen molar-refractivity contribution in [2.45, 2.75) is 32.5 Å². The normalized spacial score (nSPS) is 36.0. The van der Waals surface area contributed by atoms with Crippen LogP contribution >= 0.6 is 0 Å². The molecule has 1 saturated heterocycles. The largest absolute Gasteiger partial charge is 0.346 e. The fourth-order valence-corrected chi connectivity index (χ4v) is 0.487. The number of ether oxygens (including phenoxy) is 2. The Morgan fingerprint density at radius 1 is 1.62 bits per heavy atom. The highest BCUT2D eigenvalue weighted by Crippen LogP contribution is 2.18. The van der Waals surface area contributed by atoms with Crippen molar-refractivity contribution < 1.29 is 9.47 Å². The summed E-state index contributed by atoms with van der Waals surface area (Å²) in [5.41, 5.74) is 5.27. The van der Waals surface area contributed by atoms with Gasteiger partial charge in [-0.1, -0.05) is 0 Å². The monoisotopic (exact) mass is 117 g/mol. The highest BCUT2D eigenvalue weighted by molar-refractivity contribution is 4.69. The molecule has 2 atom stereocenters. The summed E-state index contributed by atoms with van der Waals surface area (Å²) in [6.45, 7) is 3.91. The molecule has 2 N–H and O–H groups in total. The molecule has 0 aliphatic carbocycles. The molecule has 1 aliphatic heterocycles. The molecule has 1 aliphatic rings. The molecule has 8 heavy (non-hydrogen) atoms. The SMILES string of the molecule is CC(C)OC1OC1N. The van der Waals surface area contributed by atoms with Crippen LogP contribution in [0.1, 0.15) is 13.8 Å². The first kappa shape index (κ1) is 6.01. The van der Waals surface area contributed by atoms with Crippen LogP contribution in [0.3, 0.4) is 0 Å². The van der Waals surface area contributed by atoms with Crippen LogP contribution in [-0.4, -0.2) is 18.6 Å². The van der Waals surface area contributed by atoms with Gasteiger partial charge in [0.25, 0.3) is 0 Å². The lowest BCUT2D eigenvalue weighted by Crippen LogP contribution is -2.12. The van der Waals surface area contributed by atoms with E-state index < -0.39 is 0 Å². The minimum atomic E-state index is -0.169. The summed E-state index contributed by atoms with van der Waals surface area (Å²) in [6.07, 6.45) is -0.0825. The van der Waals surface area contributed by atoms with Crippen LogP contribution in [0.4, 0.5) is 0 Å². The quantitative estimate of drug-likeness (QED) is 0.520. The Hall–Kier alpha value is -0.120. The first-order chi connectivity index (χ1) is 3.70. The zero-order valence-corrected chi connectivity index (χ0v) is 5.13. The number of nitrogens with two attached hydrogens (primary N) is 1. The van der Waals surface area contributed by atoms with E-state index in [4.69, 9.17) is 15.2 Å². The minimum Gasteiger partial charge on any atom is -0.346 e. The average molecular weight is 117 g/mol. The molecule has 1 rings (SSSR count).